The smallest absolute Gasteiger partial charge is 0.160 e. The van der Waals surface area contributed by atoms with E-state index in [9.17, 15) is 4.79 Å². The standard InChI is InChI=1S/C12H12O/c1-4-5-11-6-7-12(10(3)13)9(2)8-11/h6-8H,1-3H3. The summed E-state index contributed by atoms with van der Waals surface area (Å²) in [5, 5.41) is 0. The third-order valence-corrected chi connectivity index (χ3v) is 1.88. The molecule has 0 radical (unpaired) electrons. The fourth-order valence-electron chi connectivity index (χ4n) is 1.28. The SMILES string of the molecule is CC#Cc1ccc(C(C)=O)c(C)c1. The minimum Gasteiger partial charge on any atom is -0.295 e. The monoisotopic (exact) mass is 172 g/mol. The van der Waals surface area contributed by atoms with Crippen molar-refractivity contribution in [3.05, 3.63) is 34.9 Å². The van der Waals surface area contributed by atoms with E-state index in [0.29, 0.717) is 0 Å². The van der Waals surface area contributed by atoms with Crippen molar-refractivity contribution in [1.82, 2.24) is 0 Å². The first-order valence-electron chi connectivity index (χ1n) is 4.19. The highest BCUT2D eigenvalue weighted by molar-refractivity contribution is 5.95. The summed E-state index contributed by atoms with van der Waals surface area (Å²) in [6.07, 6.45) is 0. The second kappa shape index (κ2) is 3.91. The molecule has 0 heterocycles. The van der Waals surface area contributed by atoms with Crippen molar-refractivity contribution in [1.29, 1.82) is 0 Å². The Bertz CT molecular complexity index is 391. The van der Waals surface area contributed by atoms with Crippen LogP contribution in [0, 0.1) is 18.8 Å². The van der Waals surface area contributed by atoms with Gasteiger partial charge < -0.3 is 0 Å². The van der Waals surface area contributed by atoms with E-state index in [4.69, 9.17) is 0 Å². The van der Waals surface area contributed by atoms with E-state index in [0.717, 1.165) is 16.7 Å². The number of benzene rings is 1. The summed E-state index contributed by atoms with van der Waals surface area (Å²) >= 11 is 0. The van der Waals surface area contributed by atoms with Crippen LogP contribution in [0.25, 0.3) is 0 Å². The predicted octanol–water partition coefficient (Wildman–Crippen LogP) is 2.57. The second-order valence-electron chi connectivity index (χ2n) is 2.96. The first-order valence-corrected chi connectivity index (χ1v) is 4.19. The summed E-state index contributed by atoms with van der Waals surface area (Å²) in [5.41, 5.74) is 2.74. The van der Waals surface area contributed by atoms with Crippen molar-refractivity contribution in [3.8, 4) is 11.8 Å². The molecule has 0 saturated carbocycles. The zero-order chi connectivity index (χ0) is 9.84. The molecule has 66 valence electrons. The van der Waals surface area contributed by atoms with Crippen LogP contribution in [-0.4, -0.2) is 5.78 Å². The summed E-state index contributed by atoms with van der Waals surface area (Å²) in [7, 11) is 0. The molecule has 0 bridgehead atoms. The molecule has 0 saturated heterocycles. The molecule has 13 heavy (non-hydrogen) atoms. The van der Waals surface area contributed by atoms with Gasteiger partial charge in [0.25, 0.3) is 0 Å². The van der Waals surface area contributed by atoms with Crippen molar-refractivity contribution >= 4 is 5.78 Å². The zero-order valence-electron chi connectivity index (χ0n) is 8.14. The van der Waals surface area contributed by atoms with Crippen LogP contribution in [0.15, 0.2) is 18.2 Å². The summed E-state index contributed by atoms with van der Waals surface area (Å²) < 4.78 is 0. The second-order valence-corrected chi connectivity index (χ2v) is 2.96. The Morgan fingerprint density at radius 1 is 1.38 bits per heavy atom. The number of hydrogen-bond donors (Lipinski definition) is 0. The summed E-state index contributed by atoms with van der Waals surface area (Å²) in [6, 6.07) is 5.64. The van der Waals surface area contributed by atoms with Gasteiger partial charge in [-0.2, -0.15) is 0 Å². The Balaban J connectivity index is 3.17. The maximum Gasteiger partial charge on any atom is 0.160 e. The number of aryl methyl sites for hydroxylation is 1. The van der Waals surface area contributed by atoms with Crippen LogP contribution in [0.1, 0.15) is 35.3 Å². The van der Waals surface area contributed by atoms with Gasteiger partial charge in [0.05, 0.1) is 0 Å². The van der Waals surface area contributed by atoms with Gasteiger partial charge in [-0.15, -0.1) is 5.92 Å². The Morgan fingerprint density at radius 2 is 2.08 bits per heavy atom. The van der Waals surface area contributed by atoms with Gasteiger partial charge in [-0.1, -0.05) is 5.92 Å². The van der Waals surface area contributed by atoms with E-state index >= 15 is 0 Å². The average molecular weight is 172 g/mol. The summed E-state index contributed by atoms with van der Waals surface area (Å²) in [4.78, 5) is 11.1. The maximum atomic E-state index is 11.1. The van der Waals surface area contributed by atoms with E-state index in [1.807, 2.05) is 25.1 Å². The van der Waals surface area contributed by atoms with Crippen LogP contribution >= 0.6 is 0 Å². The molecule has 1 heteroatoms. The van der Waals surface area contributed by atoms with Gasteiger partial charge in [0, 0.05) is 11.1 Å². The average Bonchev–Trinajstić information content (AvgIpc) is 2.04. The molecular formula is C12H12O. The Morgan fingerprint density at radius 3 is 2.54 bits per heavy atom. The molecule has 0 N–H and O–H groups in total. The van der Waals surface area contributed by atoms with E-state index in [1.165, 1.54) is 0 Å². The Hall–Kier alpha value is -1.55. The highest BCUT2D eigenvalue weighted by Crippen LogP contribution is 2.10. The van der Waals surface area contributed by atoms with Gasteiger partial charge in [0.2, 0.25) is 0 Å². The number of hydrogen-bond acceptors (Lipinski definition) is 1. The molecule has 1 aromatic rings. The van der Waals surface area contributed by atoms with Crippen molar-refractivity contribution in [2.24, 2.45) is 0 Å². The van der Waals surface area contributed by atoms with E-state index in [2.05, 4.69) is 11.8 Å². The first-order chi connectivity index (χ1) is 6.15. The molecular weight excluding hydrogens is 160 g/mol. The normalized spacial score (nSPS) is 8.85. The molecule has 0 spiro atoms. The number of carbonyl (C=O) groups excluding carboxylic acids is 1. The molecule has 0 atom stereocenters. The fraction of sp³-hybridized carbons (Fsp3) is 0.250. The maximum absolute atomic E-state index is 11.1. The summed E-state index contributed by atoms with van der Waals surface area (Å²) in [5.74, 6) is 5.88. The molecule has 1 rings (SSSR count). The minimum absolute atomic E-state index is 0.105. The van der Waals surface area contributed by atoms with Crippen LogP contribution in [0.3, 0.4) is 0 Å². The van der Waals surface area contributed by atoms with Crippen LogP contribution in [0.4, 0.5) is 0 Å². The van der Waals surface area contributed by atoms with Gasteiger partial charge in [-0.25, -0.2) is 0 Å². The number of rotatable bonds is 1. The number of Topliss-reactive ketones (excluding diaryl/α,β-unsaturated/α-hetero) is 1. The third kappa shape index (κ3) is 2.19. The largest absolute Gasteiger partial charge is 0.295 e. The van der Waals surface area contributed by atoms with Gasteiger partial charge in [-0.3, -0.25) is 4.79 Å². The Labute approximate surface area is 78.8 Å². The van der Waals surface area contributed by atoms with Crippen molar-refractivity contribution < 1.29 is 4.79 Å². The highest BCUT2D eigenvalue weighted by Gasteiger charge is 2.02. The molecule has 0 unspecified atom stereocenters. The molecule has 0 aliphatic rings. The fourth-order valence-corrected chi connectivity index (χ4v) is 1.28. The van der Waals surface area contributed by atoms with Gasteiger partial charge in [0.15, 0.2) is 5.78 Å². The molecule has 0 aliphatic carbocycles. The molecule has 1 aromatic carbocycles. The van der Waals surface area contributed by atoms with Crippen LogP contribution in [0.5, 0.6) is 0 Å². The van der Waals surface area contributed by atoms with Crippen LogP contribution < -0.4 is 0 Å². The van der Waals surface area contributed by atoms with Crippen molar-refractivity contribution in [2.75, 3.05) is 0 Å². The lowest BCUT2D eigenvalue weighted by atomic mass is 10.0. The van der Waals surface area contributed by atoms with Crippen LogP contribution in [-0.2, 0) is 0 Å². The quantitative estimate of drug-likeness (QED) is 0.470. The van der Waals surface area contributed by atoms with Crippen molar-refractivity contribution in [2.45, 2.75) is 20.8 Å². The molecule has 0 aliphatic heterocycles. The topological polar surface area (TPSA) is 17.1 Å². The van der Waals surface area contributed by atoms with Crippen molar-refractivity contribution in [3.63, 3.8) is 0 Å². The van der Waals surface area contributed by atoms with Gasteiger partial charge in [-0.05, 0) is 44.5 Å². The minimum atomic E-state index is 0.105. The van der Waals surface area contributed by atoms with E-state index in [1.54, 1.807) is 13.8 Å². The lowest BCUT2D eigenvalue weighted by Gasteiger charge is -2.01. The number of carbonyl (C=O) groups is 1. The molecule has 0 aromatic heterocycles. The zero-order valence-corrected chi connectivity index (χ0v) is 8.14. The van der Waals surface area contributed by atoms with Crippen LogP contribution in [0.2, 0.25) is 0 Å². The molecule has 0 amide bonds. The summed E-state index contributed by atoms with van der Waals surface area (Å²) in [6.45, 7) is 5.30. The highest BCUT2D eigenvalue weighted by atomic mass is 16.1. The molecule has 0 fully saturated rings. The number of ketones is 1. The first kappa shape index (κ1) is 9.54. The molecule has 1 nitrogen and oxygen atoms in total. The lowest BCUT2D eigenvalue weighted by Crippen LogP contribution is -1.95. The lowest BCUT2D eigenvalue weighted by molar-refractivity contribution is 0.101. The predicted molar refractivity (Wildman–Crippen MR) is 53.7 cm³/mol. The van der Waals surface area contributed by atoms with E-state index in [-0.39, 0.29) is 5.78 Å². The Kier molecular flexibility index (Phi) is 2.87. The van der Waals surface area contributed by atoms with E-state index < -0.39 is 0 Å². The van der Waals surface area contributed by atoms with Gasteiger partial charge >= 0.3 is 0 Å². The van der Waals surface area contributed by atoms with Gasteiger partial charge in [0.1, 0.15) is 0 Å². The third-order valence-electron chi connectivity index (χ3n) is 1.88.